The Balaban J connectivity index is 1.67. The number of amides is 1. The van der Waals surface area contributed by atoms with Crippen molar-refractivity contribution < 1.29 is 15.0 Å². The van der Waals surface area contributed by atoms with Crippen molar-refractivity contribution in [2.75, 3.05) is 19.7 Å². The normalized spacial score (nSPS) is 21.0. The molecule has 2 unspecified atom stereocenters. The van der Waals surface area contributed by atoms with E-state index >= 15 is 0 Å². The fraction of sp³-hybridized carbons (Fsp3) is 0.350. The summed E-state index contributed by atoms with van der Waals surface area (Å²) in [6.07, 6.45) is 0.828. The molecule has 1 saturated heterocycles. The molecule has 0 spiro atoms. The molecular formula is C20H24N2O3. The van der Waals surface area contributed by atoms with E-state index in [1.54, 1.807) is 18.2 Å². The Bertz CT molecular complexity index is 705. The van der Waals surface area contributed by atoms with E-state index in [2.05, 4.69) is 22.3 Å². The highest BCUT2D eigenvalue weighted by Gasteiger charge is 2.30. The van der Waals surface area contributed by atoms with Gasteiger partial charge >= 0.3 is 0 Å². The molecule has 5 heteroatoms. The van der Waals surface area contributed by atoms with E-state index in [0.717, 1.165) is 19.5 Å². The summed E-state index contributed by atoms with van der Waals surface area (Å²) >= 11 is 0. The van der Waals surface area contributed by atoms with Crippen molar-refractivity contribution in [2.24, 2.45) is 5.92 Å². The molecule has 0 radical (unpaired) electrons. The van der Waals surface area contributed by atoms with E-state index in [-0.39, 0.29) is 35.8 Å². The number of carbonyl (C=O) groups excluding carboxylic acids is 1. The summed E-state index contributed by atoms with van der Waals surface area (Å²) in [6.45, 7) is 2.44. The zero-order valence-corrected chi connectivity index (χ0v) is 14.1. The number of aliphatic hydroxyl groups excluding tert-OH is 1. The fourth-order valence-electron chi connectivity index (χ4n) is 3.35. The molecule has 25 heavy (non-hydrogen) atoms. The number of aromatic hydroxyl groups is 1. The SMILES string of the molecule is O=C(NC1CN(Cc2ccccc2)CCC1CO)c1ccccc1O. The van der Waals surface area contributed by atoms with Gasteiger partial charge < -0.3 is 15.5 Å². The highest BCUT2D eigenvalue weighted by atomic mass is 16.3. The van der Waals surface area contributed by atoms with Crippen molar-refractivity contribution in [3.63, 3.8) is 0 Å². The molecule has 0 aromatic heterocycles. The number of nitrogens with zero attached hydrogens (tertiary/aromatic N) is 1. The highest BCUT2D eigenvalue weighted by molar-refractivity contribution is 5.96. The molecule has 0 saturated carbocycles. The number of hydrogen-bond donors (Lipinski definition) is 3. The number of likely N-dealkylation sites (tertiary alicyclic amines) is 1. The first-order valence-corrected chi connectivity index (χ1v) is 8.63. The van der Waals surface area contributed by atoms with Crippen molar-refractivity contribution in [3.05, 3.63) is 65.7 Å². The molecule has 1 aliphatic rings. The summed E-state index contributed by atoms with van der Waals surface area (Å²) in [5.41, 5.74) is 1.50. The van der Waals surface area contributed by atoms with Gasteiger partial charge in [0.1, 0.15) is 5.75 Å². The molecule has 2 aromatic rings. The number of nitrogens with one attached hydrogen (secondary N) is 1. The molecule has 132 valence electrons. The van der Waals surface area contributed by atoms with Crippen LogP contribution in [-0.4, -0.2) is 46.8 Å². The summed E-state index contributed by atoms with van der Waals surface area (Å²) in [5.74, 6) is -0.303. The van der Waals surface area contributed by atoms with E-state index in [4.69, 9.17) is 0 Å². The van der Waals surface area contributed by atoms with Crippen LogP contribution in [0.25, 0.3) is 0 Å². The van der Waals surface area contributed by atoms with Gasteiger partial charge in [-0.05, 0) is 30.7 Å². The quantitative estimate of drug-likeness (QED) is 0.778. The van der Waals surface area contributed by atoms with E-state index < -0.39 is 0 Å². The number of carbonyl (C=O) groups is 1. The molecule has 3 rings (SSSR count). The lowest BCUT2D eigenvalue weighted by Crippen LogP contribution is -2.53. The number of aliphatic hydroxyl groups is 1. The summed E-state index contributed by atoms with van der Waals surface area (Å²) in [5, 5.41) is 22.5. The maximum absolute atomic E-state index is 12.5. The van der Waals surface area contributed by atoms with E-state index in [9.17, 15) is 15.0 Å². The fourth-order valence-corrected chi connectivity index (χ4v) is 3.35. The van der Waals surface area contributed by atoms with Gasteiger partial charge in [0.2, 0.25) is 0 Å². The number of para-hydroxylation sites is 1. The molecule has 0 bridgehead atoms. The van der Waals surface area contributed by atoms with Crippen LogP contribution in [0, 0.1) is 5.92 Å². The monoisotopic (exact) mass is 340 g/mol. The third-order valence-electron chi connectivity index (χ3n) is 4.79. The first-order chi connectivity index (χ1) is 12.2. The van der Waals surface area contributed by atoms with Crippen molar-refractivity contribution >= 4 is 5.91 Å². The second kappa shape index (κ2) is 8.14. The standard InChI is InChI=1S/C20H24N2O3/c23-14-16-10-11-22(12-15-6-2-1-3-7-15)13-18(16)21-20(25)17-8-4-5-9-19(17)24/h1-9,16,18,23-24H,10-14H2,(H,21,25). The lowest BCUT2D eigenvalue weighted by atomic mass is 9.91. The van der Waals surface area contributed by atoms with Crippen LogP contribution in [0.2, 0.25) is 0 Å². The largest absolute Gasteiger partial charge is 0.507 e. The van der Waals surface area contributed by atoms with Crippen molar-refractivity contribution in [1.29, 1.82) is 0 Å². The number of piperidine rings is 1. The van der Waals surface area contributed by atoms with Gasteiger partial charge in [-0.1, -0.05) is 42.5 Å². The van der Waals surface area contributed by atoms with Gasteiger partial charge in [0.25, 0.3) is 5.91 Å². The lowest BCUT2D eigenvalue weighted by Gasteiger charge is -2.38. The Morgan fingerprint density at radius 2 is 1.84 bits per heavy atom. The van der Waals surface area contributed by atoms with Crippen LogP contribution in [0.1, 0.15) is 22.3 Å². The molecule has 1 heterocycles. The average Bonchev–Trinajstić information content (AvgIpc) is 2.63. The van der Waals surface area contributed by atoms with Crippen LogP contribution >= 0.6 is 0 Å². The summed E-state index contributed by atoms with van der Waals surface area (Å²) in [6, 6.07) is 16.6. The smallest absolute Gasteiger partial charge is 0.255 e. The Morgan fingerprint density at radius 3 is 2.56 bits per heavy atom. The van der Waals surface area contributed by atoms with Gasteiger partial charge in [-0.3, -0.25) is 9.69 Å². The number of hydrogen-bond acceptors (Lipinski definition) is 4. The molecule has 3 N–H and O–H groups in total. The third kappa shape index (κ3) is 4.38. The summed E-state index contributed by atoms with van der Waals surface area (Å²) in [7, 11) is 0. The van der Waals surface area contributed by atoms with Crippen LogP contribution in [0.5, 0.6) is 5.75 Å². The molecule has 0 aliphatic carbocycles. The zero-order valence-electron chi connectivity index (χ0n) is 14.1. The van der Waals surface area contributed by atoms with Crippen LogP contribution < -0.4 is 5.32 Å². The van der Waals surface area contributed by atoms with Crippen molar-refractivity contribution in [2.45, 2.75) is 19.0 Å². The minimum Gasteiger partial charge on any atom is -0.507 e. The minimum absolute atomic E-state index is 0.0295. The van der Waals surface area contributed by atoms with Gasteiger partial charge in [-0.2, -0.15) is 0 Å². The van der Waals surface area contributed by atoms with E-state index in [1.165, 1.54) is 11.6 Å². The second-order valence-corrected chi connectivity index (χ2v) is 6.55. The van der Waals surface area contributed by atoms with Crippen LogP contribution in [-0.2, 0) is 6.54 Å². The minimum atomic E-state index is -0.303. The maximum atomic E-state index is 12.5. The third-order valence-corrected chi connectivity index (χ3v) is 4.79. The first kappa shape index (κ1) is 17.5. The number of phenolic OH excluding ortho intramolecular Hbond substituents is 1. The maximum Gasteiger partial charge on any atom is 0.255 e. The van der Waals surface area contributed by atoms with Gasteiger partial charge in [0.15, 0.2) is 0 Å². The number of rotatable bonds is 5. The Hall–Kier alpha value is -2.37. The molecular weight excluding hydrogens is 316 g/mol. The molecule has 1 amide bonds. The topological polar surface area (TPSA) is 72.8 Å². The Labute approximate surface area is 147 Å². The molecule has 1 fully saturated rings. The van der Waals surface area contributed by atoms with Gasteiger partial charge in [-0.25, -0.2) is 0 Å². The van der Waals surface area contributed by atoms with Crippen LogP contribution in [0.15, 0.2) is 54.6 Å². The predicted molar refractivity (Wildman–Crippen MR) is 96.3 cm³/mol. The second-order valence-electron chi connectivity index (χ2n) is 6.55. The molecule has 2 atom stereocenters. The summed E-state index contributed by atoms with van der Waals surface area (Å²) < 4.78 is 0. The van der Waals surface area contributed by atoms with Gasteiger partial charge in [0.05, 0.1) is 5.56 Å². The Kier molecular flexibility index (Phi) is 5.68. The van der Waals surface area contributed by atoms with Crippen LogP contribution in [0.3, 0.4) is 0 Å². The first-order valence-electron chi connectivity index (χ1n) is 8.63. The predicted octanol–water partition coefficient (Wildman–Crippen LogP) is 2.01. The summed E-state index contributed by atoms with van der Waals surface area (Å²) in [4.78, 5) is 14.8. The highest BCUT2D eigenvalue weighted by Crippen LogP contribution is 2.21. The van der Waals surface area contributed by atoms with E-state index in [1.807, 2.05) is 18.2 Å². The molecule has 1 aliphatic heterocycles. The number of benzene rings is 2. The molecule has 5 nitrogen and oxygen atoms in total. The van der Waals surface area contributed by atoms with E-state index in [0.29, 0.717) is 6.54 Å². The van der Waals surface area contributed by atoms with Gasteiger partial charge in [-0.15, -0.1) is 0 Å². The zero-order chi connectivity index (χ0) is 17.6. The van der Waals surface area contributed by atoms with Crippen molar-refractivity contribution in [3.8, 4) is 5.75 Å². The van der Waals surface area contributed by atoms with Gasteiger partial charge in [0, 0.05) is 31.7 Å². The number of phenols is 1. The van der Waals surface area contributed by atoms with Crippen molar-refractivity contribution in [1.82, 2.24) is 10.2 Å². The van der Waals surface area contributed by atoms with Crippen LogP contribution in [0.4, 0.5) is 0 Å². The lowest BCUT2D eigenvalue weighted by molar-refractivity contribution is 0.0729. The average molecular weight is 340 g/mol. The molecule has 2 aromatic carbocycles. The Morgan fingerprint density at radius 1 is 1.12 bits per heavy atom.